The number of halogens is 1. The monoisotopic (exact) mass is 578 g/mol. The fourth-order valence-electron chi connectivity index (χ4n) is 4.37. The molecule has 0 radical (unpaired) electrons. The number of aliphatic imine (C=N–C) groups is 1. The molecule has 0 aliphatic carbocycles. The lowest BCUT2D eigenvalue weighted by atomic mass is 10.1. The minimum absolute atomic E-state index is 0.0495. The fraction of sp³-hybridized carbons (Fsp3) is 0.300. The Morgan fingerprint density at radius 1 is 1.19 bits per heavy atom. The molecule has 0 saturated heterocycles. The van der Waals surface area contributed by atoms with Crippen LogP contribution >= 0.6 is 0 Å². The van der Waals surface area contributed by atoms with Crippen LogP contribution in [-0.2, 0) is 11.2 Å². The average Bonchev–Trinajstić information content (AvgIpc) is 3.26. The van der Waals surface area contributed by atoms with Crippen molar-refractivity contribution in [1.29, 1.82) is 0 Å². The van der Waals surface area contributed by atoms with E-state index < -0.39 is 12.1 Å². The minimum atomic E-state index is -0.620. The third-order valence-corrected chi connectivity index (χ3v) is 6.40. The number of aromatic nitrogens is 2. The molecule has 12 heteroatoms. The van der Waals surface area contributed by atoms with Gasteiger partial charge in [-0.3, -0.25) is 15.5 Å². The molecule has 0 fully saturated rings. The van der Waals surface area contributed by atoms with Crippen LogP contribution in [0.5, 0.6) is 17.2 Å². The van der Waals surface area contributed by atoms with Crippen molar-refractivity contribution in [3.63, 3.8) is 0 Å². The number of carbonyl (C=O) groups is 1. The summed E-state index contributed by atoms with van der Waals surface area (Å²) in [6.45, 7) is 3.88. The molecule has 222 valence electrons. The number of allylic oxidation sites excluding steroid dienone is 3. The Morgan fingerprint density at radius 3 is 2.67 bits per heavy atom. The number of carbonyl (C=O) groups excluding carboxylic acids is 1. The Morgan fingerprint density at radius 2 is 1.95 bits per heavy atom. The van der Waals surface area contributed by atoms with Gasteiger partial charge in [0.15, 0.2) is 22.9 Å². The van der Waals surface area contributed by atoms with Crippen molar-refractivity contribution in [3.05, 3.63) is 82.9 Å². The Balaban J connectivity index is 1.34. The number of hydrogen-bond donors (Lipinski definition) is 3. The third-order valence-electron chi connectivity index (χ3n) is 6.40. The van der Waals surface area contributed by atoms with E-state index in [1.54, 1.807) is 58.7 Å². The second-order valence-corrected chi connectivity index (χ2v) is 9.42. The first kappa shape index (κ1) is 30.1. The van der Waals surface area contributed by atoms with E-state index in [-0.39, 0.29) is 23.1 Å². The van der Waals surface area contributed by atoms with Gasteiger partial charge >= 0.3 is 0 Å². The lowest BCUT2D eigenvalue weighted by Crippen LogP contribution is -2.28. The molecule has 0 saturated carbocycles. The van der Waals surface area contributed by atoms with Gasteiger partial charge in [-0.15, -0.1) is 0 Å². The summed E-state index contributed by atoms with van der Waals surface area (Å²) in [7, 11) is 3.15. The van der Waals surface area contributed by atoms with Gasteiger partial charge in [-0.2, -0.15) is 5.10 Å². The first-order valence-electron chi connectivity index (χ1n) is 13.4. The lowest BCUT2D eigenvalue weighted by molar-refractivity contribution is 0.0956. The molecule has 1 unspecified atom stereocenters. The van der Waals surface area contributed by atoms with Gasteiger partial charge in [0.25, 0.3) is 5.91 Å². The summed E-state index contributed by atoms with van der Waals surface area (Å²) in [4.78, 5) is 17.4. The molecule has 1 aliphatic heterocycles. The molecule has 1 aliphatic rings. The van der Waals surface area contributed by atoms with Gasteiger partial charge in [-0.1, -0.05) is 0 Å². The maximum Gasteiger partial charge on any atom is 0.281 e. The molecule has 0 spiro atoms. The Labute approximate surface area is 243 Å². The number of aryl methyl sites for hydroxylation is 1. The van der Waals surface area contributed by atoms with Crippen molar-refractivity contribution >= 4 is 17.8 Å². The van der Waals surface area contributed by atoms with Gasteiger partial charge in [-0.25, -0.2) is 9.07 Å². The number of nitrogens with one attached hydrogen (secondary N) is 1. The molecular formula is C30H35FN6O5. The second-order valence-electron chi connectivity index (χ2n) is 9.42. The molecule has 1 aromatic heterocycles. The van der Waals surface area contributed by atoms with Crippen LogP contribution in [-0.4, -0.2) is 49.0 Å². The summed E-state index contributed by atoms with van der Waals surface area (Å²) in [6, 6.07) is 7.98. The molecule has 0 bridgehead atoms. The third kappa shape index (κ3) is 7.26. The second kappa shape index (κ2) is 13.7. The van der Waals surface area contributed by atoms with Crippen molar-refractivity contribution < 1.29 is 28.1 Å². The number of nitrogens with two attached hydrogens (primary N) is 2. The quantitative estimate of drug-likeness (QED) is 0.271. The Bertz CT molecular complexity index is 1530. The molecule has 2 aromatic carbocycles. The summed E-state index contributed by atoms with van der Waals surface area (Å²) >= 11 is 0. The topological polar surface area (TPSA) is 148 Å². The molecule has 11 nitrogen and oxygen atoms in total. The number of methoxy groups -OCH3 is 2. The van der Waals surface area contributed by atoms with Crippen molar-refractivity contribution in [2.24, 2.45) is 16.5 Å². The summed E-state index contributed by atoms with van der Waals surface area (Å²) in [5, 5.41) is 6.99. The maximum absolute atomic E-state index is 13.6. The van der Waals surface area contributed by atoms with Gasteiger partial charge in [0.1, 0.15) is 17.8 Å². The van der Waals surface area contributed by atoms with E-state index in [1.165, 1.54) is 16.8 Å². The van der Waals surface area contributed by atoms with Crippen LogP contribution in [0.3, 0.4) is 0 Å². The zero-order valence-electron chi connectivity index (χ0n) is 24.0. The van der Waals surface area contributed by atoms with Gasteiger partial charge < -0.3 is 30.0 Å². The number of rotatable bonds is 12. The van der Waals surface area contributed by atoms with Crippen LogP contribution in [0.25, 0.3) is 5.69 Å². The molecule has 2 heterocycles. The molecular weight excluding hydrogens is 543 g/mol. The van der Waals surface area contributed by atoms with Crippen LogP contribution in [0.2, 0.25) is 0 Å². The smallest absolute Gasteiger partial charge is 0.281 e. The molecule has 5 N–H and O–H groups in total. The number of ether oxygens (including phenoxy) is 4. The van der Waals surface area contributed by atoms with Crippen LogP contribution in [0.4, 0.5) is 10.1 Å². The largest absolute Gasteiger partial charge is 0.493 e. The highest BCUT2D eigenvalue weighted by Gasteiger charge is 2.20. The van der Waals surface area contributed by atoms with Crippen molar-refractivity contribution in [3.8, 4) is 22.9 Å². The predicted molar refractivity (Wildman–Crippen MR) is 157 cm³/mol. The van der Waals surface area contributed by atoms with Gasteiger partial charge in [0.2, 0.25) is 0 Å². The summed E-state index contributed by atoms with van der Waals surface area (Å²) in [6.07, 6.45) is 7.39. The highest BCUT2D eigenvalue weighted by molar-refractivity contribution is 5.96. The van der Waals surface area contributed by atoms with Crippen LogP contribution in [0.15, 0.2) is 65.3 Å². The number of hydrogen-bond acceptors (Lipinski definition) is 9. The van der Waals surface area contributed by atoms with Crippen LogP contribution in [0.1, 0.15) is 41.4 Å². The first-order chi connectivity index (χ1) is 20.2. The Kier molecular flexibility index (Phi) is 9.81. The number of nitrogens with zero attached hydrogens (tertiary/aromatic N) is 3. The van der Waals surface area contributed by atoms with Crippen molar-refractivity contribution in [2.75, 3.05) is 20.8 Å². The Hall–Kier alpha value is -4.84. The SMILES string of the molecule is CCOc1cn(-c2ccc(F)cc2C)nc1C(=O)N/C(N)=C/CCC(N)OC1=CC=Nc2cc(OC)c(OC)cc2C1. The van der Waals surface area contributed by atoms with Gasteiger partial charge in [0.05, 0.1) is 44.2 Å². The molecule has 42 heavy (non-hydrogen) atoms. The molecule has 1 atom stereocenters. The predicted octanol–water partition coefficient (Wildman–Crippen LogP) is 4.19. The zero-order valence-corrected chi connectivity index (χ0v) is 24.0. The van der Waals surface area contributed by atoms with Crippen LogP contribution < -0.4 is 31.0 Å². The van der Waals surface area contributed by atoms with Gasteiger partial charge in [-0.05, 0) is 67.8 Å². The van der Waals surface area contributed by atoms with E-state index in [0.29, 0.717) is 54.4 Å². The summed E-state index contributed by atoms with van der Waals surface area (Å²) in [5.74, 6) is 1.36. The number of amides is 1. The number of benzene rings is 2. The summed E-state index contributed by atoms with van der Waals surface area (Å²) in [5.41, 5.74) is 15.3. The highest BCUT2D eigenvalue weighted by atomic mass is 19.1. The first-order valence-corrected chi connectivity index (χ1v) is 13.4. The van der Waals surface area contributed by atoms with E-state index in [0.717, 1.165) is 11.3 Å². The van der Waals surface area contributed by atoms with E-state index in [9.17, 15) is 9.18 Å². The zero-order chi connectivity index (χ0) is 30.2. The van der Waals surface area contributed by atoms with Crippen molar-refractivity contribution in [2.45, 2.75) is 39.3 Å². The van der Waals surface area contributed by atoms with Crippen LogP contribution in [0, 0.1) is 12.7 Å². The minimum Gasteiger partial charge on any atom is -0.493 e. The van der Waals surface area contributed by atoms with E-state index in [2.05, 4.69) is 15.4 Å². The fourth-order valence-corrected chi connectivity index (χ4v) is 4.37. The average molecular weight is 579 g/mol. The van der Waals surface area contributed by atoms with E-state index in [1.807, 2.05) is 12.1 Å². The maximum atomic E-state index is 13.6. The van der Waals surface area contributed by atoms with Crippen molar-refractivity contribution in [1.82, 2.24) is 15.1 Å². The lowest BCUT2D eigenvalue weighted by Gasteiger charge is -2.17. The molecule has 4 rings (SSSR count). The summed E-state index contributed by atoms with van der Waals surface area (Å²) < 4.78 is 37.4. The highest BCUT2D eigenvalue weighted by Crippen LogP contribution is 2.36. The molecule has 1 amide bonds. The normalized spacial score (nSPS) is 13.5. The molecule has 3 aromatic rings. The van der Waals surface area contributed by atoms with E-state index in [4.69, 9.17) is 30.4 Å². The van der Waals surface area contributed by atoms with E-state index >= 15 is 0 Å². The van der Waals surface area contributed by atoms with Gasteiger partial charge in [0, 0.05) is 25.1 Å². The number of fused-ring (bicyclic) bond motifs is 1. The standard InChI is InChI=1S/C30H35FN6O5/c1-5-41-26-17-37(23-10-9-20(31)13-18(23)2)36-29(26)30(38)35-27(32)7-6-8-28(33)42-21-11-12-34-22-16-25(40-4)24(39-3)15-19(22)14-21/h7,9-13,15-17,28H,5-6,8,14,32-33H2,1-4H3,(H,35,38)/b27-7+.